The van der Waals surface area contributed by atoms with Crippen LogP contribution in [0.4, 0.5) is 0 Å². The zero-order chi connectivity index (χ0) is 20.9. The summed E-state index contributed by atoms with van der Waals surface area (Å²) in [5, 5.41) is 5.32. The molecule has 0 saturated carbocycles. The maximum atomic E-state index is 6.26. The van der Waals surface area contributed by atoms with Crippen molar-refractivity contribution in [1.29, 1.82) is 0 Å². The first-order valence-corrected chi connectivity index (χ1v) is 10.8. The number of likely N-dealkylation sites (tertiary alicyclic amines) is 1. The molecule has 0 spiro atoms. The monoisotopic (exact) mass is 418 g/mol. The maximum absolute atomic E-state index is 6.26. The molecule has 4 rings (SSSR count). The lowest BCUT2D eigenvalue weighted by atomic mass is 9.80. The van der Waals surface area contributed by atoms with E-state index in [2.05, 4.69) is 84.7 Å². The molecule has 0 bridgehead atoms. The fraction of sp³-hybridized carbons (Fsp3) is 0.269. The Labute approximate surface area is 183 Å². The van der Waals surface area contributed by atoms with Gasteiger partial charge < -0.3 is 4.84 Å². The first kappa shape index (κ1) is 20.6. The minimum Gasteiger partial charge on any atom is -0.391 e. The molecule has 3 unspecified atom stereocenters. The van der Waals surface area contributed by atoms with Crippen molar-refractivity contribution >= 4 is 17.3 Å². The lowest BCUT2D eigenvalue weighted by molar-refractivity contribution is 0.105. The normalized spacial score (nSPS) is 23.4. The Balaban J connectivity index is 1.62. The number of rotatable bonds is 5. The summed E-state index contributed by atoms with van der Waals surface area (Å²) in [7, 11) is 2.22. The number of hydrogen-bond acceptors (Lipinski definition) is 3. The summed E-state index contributed by atoms with van der Waals surface area (Å²) in [5.74, 6) is 0.239. The molecule has 3 nitrogen and oxygen atoms in total. The molecule has 3 aromatic carbocycles. The molecule has 154 valence electrons. The number of hydrogen-bond donors (Lipinski definition) is 0. The fourth-order valence-electron chi connectivity index (χ4n) is 4.38. The zero-order valence-corrected chi connectivity index (χ0v) is 18.2. The van der Waals surface area contributed by atoms with E-state index in [0.717, 1.165) is 17.7 Å². The largest absolute Gasteiger partial charge is 0.391 e. The Bertz CT molecular complexity index is 990. The highest BCUT2D eigenvalue weighted by atomic mass is 35.5. The molecule has 1 aliphatic rings. The van der Waals surface area contributed by atoms with Crippen molar-refractivity contribution in [2.45, 2.75) is 32.0 Å². The van der Waals surface area contributed by atoms with Crippen LogP contribution in [0.1, 0.15) is 42.1 Å². The Morgan fingerprint density at radius 3 is 2.17 bits per heavy atom. The van der Waals surface area contributed by atoms with Crippen LogP contribution in [0, 0.1) is 5.92 Å². The molecular weight excluding hydrogens is 392 g/mol. The van der Waals surface area contributed by atoms with Gasteiger partial charge in [0.2, 0.25) is 0 Å². The van der Waals surface area contributed by atoms with Crippen LogP contribution in [0.25, 0.3) is 0 Å². The van der Waals surface area contributed by atoms with Crippen molar-refractivity contribution in [3.05, 3.63) is 107 Å². The summed E-state index contributed by atoms with van der Waals surface area (Å²) < 4.78 is 0. The third kappa shape index (κ3) is 4.43. The van der Waals surface area contributed by atoms with E-state index in [1.165, 1.54) is 11.1 Å². The summed E-state index contributed by atoms with van der Waals surface area (Å²) in [4.78, 5) is 8.27. The highest BCUT2D eigenvalue weighted by molar-refractivity contribution is 6.31. The highest BCUT2D eigenvalue weighted by Gasteiger charge is 2.38. The van der Waals surface area contributed by atoms with Gasteiger partial charge in [-0.3, -0.25) is 4.90 Å². The predicted octanol–water partition coefficient (Wildman–Crippen LogP) is 6.67. The van der Waals surface area contributed by atoms with E-state index in [9.17, 15) is 0 Å². The van der Waals surface area contributed by atoms with Crippen molar-refractivity contribution < 1.29 is 4.84 Å². The molecule has 1 aliphatic heterocycles. The Kier molecular flexibility index (Phi) is 6.51. The second kappa shape index (κ2) is 9.46. The summed E-state index contributed by atoms with van der Waals surface area (Å²) in [6, 6.07) is 29.5. The lowest BCUT2D eigenvalue weighted by Gasteiger charge is -2.44. The fourth-order valence-corrected chi connectivity index (χ4v) is 4.57. The molecule has 0 amide bonds. The Morgan fingerprint density at radius 1 is 0.900 bits per heavy atom. The zero-order valence-electron chi connectivity index (χ0n) is 17.4. The van der Waals surface area contributed by atoms with Gasteiger partial charge in [0.25, 0.3) is 0 Å². The number of halogens is 1. The van der Waals surface area contributed by atoms with Gasteiger partial charge >= 0.3 is 0 Å². The molecular formula is C26H27ClN2O. The number of piperidine rings is 1. The Hall–Kier alpha value is -2.62. The molecule has 1 heterocycles. The van der Waals surface area contributed by atoms with Crippen LogP contribution in [0.2, 0.25) is 5.02 Å². The molecule has 0 N–H and O–H groups in total. The molecule has 1 saturated heterocycles. The van der Waals surface area contributed by atoms with Crippen LogP contribution in [-0.4, -0.2) is 17.7 Å². The van der Waals surface area contributed by atoms with E-state index in [-0.39, 0.29) is 18.0 Å². The number of benzene rings is 3. The topological polar surface area (TPSA) is 24.8 Å². The molecule has 3 aromatic rings. The maximum Gasteiger partial charge on any atom is 0.143 e. The van der Waals surface area contributed by atoms with E-state index >= 15 is 0 Å². The minimum atomic E-state index is 0.229. The van der Waals surface area contributed by atoms with E-state index < -0.39 is 0 Å². The summed E-state index contributed by atoms with van der Waals surface area (Å²) in [6.07, 6.45) is 0.841. The van der Waals surface area contributed by atoms with Gasteiger partial charge in [-0.15, -0.1) is 0 Å². The van der Waals surface area contributed by atoms with Gasteiger partial charge in [-0.2, -0.15) is 0 Å². The SMILES string of the molecule is CC1/C(=N/OCc2ccccc2Cl)CC(c2ccccc2)N(C)C1c1ccccc1. The smallest absolute Gasteiger partial charge is 0.143 e. The standard InChI is InChI=1S/C26H27ClN2O/c1-19-24(28-30-18-22-15-9-10-16-23(22)27)17-25(20-11-5-3-6-12-20)29(2)26(19)21-13-7-4-8-14-21/h3-16,19,25-26H,17-18H2,1-2H3/b28-24+. The van der Waals surface area contributed by atoms with Crippen molar-refractivity contribution in [3.63, 3.8) is 0 Å². The lowest BCUT2D eigenvalue weighted by Crippen LogP contribution is -2.42. The summed E-state index contributed by atoms with van der Waals surface area (Å²) in [6.45, 7) is 2.62. The van der Waals surface area contributed by atoms with E-state index in [0.29, 0.717) is 11.6 Å². The van der Waals surface area contributed by atoms with E-state index in [1.807, 2.05) is 24.3 Å². The molecule has 1 fully saturated rings. The molecule has 0 aliphatic carbocycles. The number of nitrogens with zero attached hydrogens (tertiary/aromatic N) is 2. The quantitative estimate of drug-likeness (QED) is 0.432. The van der Waals surface area contributed by atoms with Gasteiger partial charge in [0.1, 0.15) is 6.61 Å². The average molecular weight is 419 g/mol. The third-order valence-electron chi connectivity index (χ3n) is 6.02. The number of oxime groups is 1. The average Bonchev–Trinajstić information content (AvgIpc) is 2.78. The van der Waals surface area contributed by atoms with Crippen LogP contribution in [0.5, 0.6) is 0 Å². The van der Waals surface area contributed by atoms with Crippen LogP contribution < -0.4 is 0 Å². The van der Waals surface area contributed by atoms with Crippen molar-refractivity contribution in [1.82, 2.24) is 4.90 Å². The van der Waals surface area contributed by atoms with E-state index in [4.69, 9.17) is 16.4 Å². The summed E-state index contributed by atoms with van der Waals surface area (Å²) >= 11 is 6.26. The first-order valence-electron chi connectivity index (χ1n) is 10.4. The molecule has 4 heteroatoms. The van der Waals surface area contributed by atoms with Crippen LogP contribution in [0.15, 0.2) is 90.1 Å². The third-order valence-corrected chi connectivity index (χ3v) is 6.39. The van der Waals surface area contributed by atoms with Gasteiger partial charge in [0, 0.05) is 35.0 Å². The molecule has 30 heavy (non-hydrogen) atoms. The van der Waals surface area contributed by atoms with Crippen LogP contribution in [0.3, 0.4) is 0 Å². The second-order valence-corrected chi connectivity index (χ2v) is 8.29. The van der Waals surface area contributed by atoms with Crippen molar-refractivity contribution in [3.8, 4) is 0 Å². The molecule has 0 radical (unpaired) electrons. The van der Waals surface area contributed by atoms with Crippen molar-refractivity contribution in [2.24, 2.45) is 11.1 Å². The van der Waals surface area contributed by atoms with Gasteiger partial charge in [0.15, 0.2) is 0 Å². The molecule has 3 atom stereocenters. The van der Waals surface area contributed by atoms with Crippen LogP contribution >= 0.6 is 11.6 Å². The molecule has 0 aromatic heterocycles. The van der Waals surface area contributed by atoms with Gasteiger partial charge in [-0.1, -0.05) is 103 Å². The first-order chi connectivity index (χ1) is 14.6. The minimum absolute atomic E-state index is 0.229. The second-order valence-electron chi connectivity index (χ2n) is 7.89. The predicted molar refractivity (Wildman–Crippen MR) is 124 cm³/mol. The van der Waals surface area contributed by atoms with Gasteiger partial charge in [-0.25, -0.2) is 0 Å². The summed E-state index contributed by atoms with van der Waals surface area (Å²) in [5.41, 5.74) is 4.63. The van der Waals surface area contributed by atoms with Crippen LogP contribution in [-0.2, 0) is 11.4 Å². The Morgan fingerprint density at radius 2 is 1.50 bits per heavy atom. The van der Waals surface area contributed by atoms with E-state index in [1.54, 1.807) is 0 Å². The van der Waals surface area contributed by atoms with Crippen molar-refractivity contribution in [2.75, 3.05) is 7.05 Å². The van der Waals surface area contributed by atoms with Gasteiger partial charge in [-0.05, 0) is 24.2 Å². The van der Waals surface area contributed by atoms with Gasteiger partial charge in [0.05, 0.1) is 5.71 Å². The highest BCUT2D eigenvalue weighted by Crippen LogP contribution is 2.42.